The number of benzene rings is 1. The first-order chi connectivity index (χ1) is 11.8. The van der Waals surface area contributed by atoms with Crippen molar-refractivity contribution < 1.29 is 14.8 Å². The number of aromatic carboxylic acids is 1. The average Bonchev–Trinajstić information content (AvgIpc) is 2.59. The second kappa shape index (κ2) is 7.52. The second-order valence-corrected chi connectivity index (χ2v) is 5.60. The Morgan fingerprint density at radius 1 is 1.36 bits per heavy atom. The van der Waals surface area contributed by atoms with E-state index >= 15 is 0 Å². The van der Waals surface area contributed by atoms with Gasteiger partial charge >= 0.3 is 5.97 Å². The number of carbonyl (C=O) groups is 1. The molecule has 0 atom stereocenters. The van der Waals surface area contributed by atoms with Crippen molar-refractivity contribution in [2.24, 2.45) is 0 Å². The van der Waals surface area contributed by atoms with Gasteiger partial charge in [0.1, 0.15) is 5.69 Å². The number of carboxylic acid groups (broad SMARTS) is 1. The Bertz CT molecular complexity index is 847. The molecule has 1 heterocycles. The fourth-order valence-electron chi connectivity index (χ4n) is 2.28. The summed E-state index contributed by atoms with van der Waals surface area (Å²) in [6.07, 6.45) is 4.51. The number of nitrogens with zero attached hydrogens (tertiary/aromatic N) is 3. The molecule has 130 valence electrons. The normalized spacial score (nSPS) is 11.0. The minimum atomic E-state index is -1.07. The van der Waals surface area contributed by atoms with Crippen LogP contribution in [0.3, 0.4) is 0 Å². The fourth-order valence-corrected chi connectivity index (χ4v) is 2.28. The molecule has 0 aliphatic carbocycles. The molecule has 0 aliphatic rings. The van der Waals surface area contributed by atoms with Crippen molar-refractivity contribution in [3.63, 3.8) is 0 Å². The van der Waals surface area contributed by atoms with E-state index in [0.29, 0.717) is 22.8 Å². The van der Waals surface area contributed by atoms with Crippen LogP contribution in [0.15, 0.2) is 24.4 Å². The van der Waals surface area contributed by atoms with E-state index in [1.165, 1.54) is 12.3 Å². The van der Waals surface area contributed by atoms with E-state index in [0.717, 1.165) is 0 Å². The lowest BCUT2D eigenvalue weighted by molar-refractivity contribution is -0.383. The van der Waals surface area contributed by atoms with Gasteiger partial charge in [0, 0.05) is 19.3 Å². The van der Waals surface area contributed by atoms with E-state index in [9.17, 15) is 20.0 Å². The van der Waals surface area contributed by atoms with Crippen molar-refractivity contribution in [1.82, 2.24) is 9.97 Å². The van der Waals surface area contributed by atoms with Gasteiger partial charge in [0.25, 0.3) is 5.69 Å². The summed E-state index contributed by atoms with van der Waals surface area (Å²) in [5, 5.41) is 23.0. The van der Waals surface area contributed by atoms with Crippen molar-refractivity contribution in [3.8, 4) is 0 Å². The zero-order valence-electron chi connectivity index (χ0n) is 14.1. The van der Waals surface area contributed by atoms with Gasteiger partial charge < -0.3 is 10.4 Å². The Balaban J connectivity index is 2.36. The average molecular weight is 342 g/mol. The van der Waals surface area contributed by atoms with Gasteiger partial charge in [-0.3, -0.25) is 10.1 Å². The third-order valence-corrected chi connectivity index (χ3v) is 3.53. The highest BCUT2D eigenvalue weighted by Gasteiger charge is 2.16. The molecule has 0 fully saturated rings. The highest BCUT2D eigenvalue weighted by molar-refractivity contribution is 5.88. The van der Waals surface area contributed by atoms with E-state index in [1.807, 2.05) is 13.8 Å². The summed E-state index contributed by atoms with van der Waals surface area (Å²) < 4.78 is 0. The Hall–Kier alpha value is -3.29. The molecule has 8 heteroatoms. The number of anilines is 1. The van der Waals surface area contributed by atoms with Crippen LogP contribution in [-0.2, 0) is 0 Å². The van der Waals surface area contributed by atoms with Crippen LogP contribution in [0.25, 0.3) is 12.2 Å². The minimum absolute atomic E-state index is 0.0327. The van der Waals surface area contributed by atoms with E-state index in [1.54, 1.807) is 31.3 Å². The third-order valence-electron chi connectivity index (χ3n) is 3.53. The van der Waals surface area contributed by atoms with Crippen LogP contribution in [0, 0.1) is 10.1 Å². The quantitative estimate of drug-likeness (QED) is 0.610. The predicted molar refractivity (Wildman–Crippen MR) is 94.7 cm³/mol. The first-order valence-corrected chi connectivity index (χ1v) is 7.58. The highest BCUT2D eigenvalue weighted by atomic mass is 16.6. The van der Waals surface area contributed by atoms with Crippen LogP contribution < -0.4 is 5.32 Å². The van der Waals surface area contributed by atoms with Crippen LogP contribution in [-0.4, -0.2) is 33.0 Å². The molecule has 2 N–H and O–H groups in total. The number of nitrogens with one attached hydrogen (secondary N) is 1. The highest BCUT2D eigenvalue weighted by Crippen LogP contribution is 2.26. The number of rotatable bonds is 6. The molecular formula is C17H18N4O4. The lowest BCUT2D eigenvalue weighted by atomic mass is 10.1. The van der Waals surface area contributed by atoms with Gasteiger partial charge in [-0.15, -0.1) is 0 Å². The zero-order valence-corrected chi connectivity index (χ0v) is 14.1. The van der Waals surface area contributed by atoms with Crippen molar-refractivity contribution in [3.05, 3.63) is 57.2 Å². The van der Waals surface area contributed by atoms with Crippen LogP contribution in [0.2, 0.25) is 0 Å². The molecule has 0 unspecified atom stereocenters. The molecule has 8 nitrogen and oxygen atoms in total. The Morgan fingerprint density at radius 2 is 2.08 bits per heavy atom. The van der Waals surface area contributed by atoms with E-state index in [-0.39, 0.29) is 17.2 Å². The molecule has 25 heavy (non-hydrogen) atoms. The lowest BCUT2D eigenvalue weighted by Crippen LogP contribution is -2.08. The maximum atomic E-state index is 11.2. The molecule has 1 aromatic carbocycles. The summed E-state index contributed by atoms with van der Waals surface area (Å²) in [5.74, 6) is -0.802. The summed E-state index contributed by atoms with van der Waals surface area (Å²) in [6.45, 7) is 3.70. The number of nitro groups is 1. The molecular weight excluding hydrogens is 324 g/mol. The van der Waals surface area contributed by atoms with Gasteiger partial charge in [-0.1, -0.05) is 26.0 Å². The Morgan fingerprint density at radius 3 is 2.64 bits per heavy atom. The molecule has 0 saturated heterocycles. The van der Waals surface area contributed by atoms with Crippen molar-refractivity contribution in [2.75, 3.05) is 12.4 Å². The molecule has 0 bridgehead atoms. The first-order valence-electron chi connectivity index (χ1n) is 7.58. The third kappa shape index (κ3) is 4.17. The van der Waals surface area contributed by atoms with E-state index < -0.39 is 10.9 Å². The molecule has 1 aromatic heterocycles. The summed E-state index contributed by atoms with van der Waals surface area (Å²) in [6, 6.07) is 4.79. The molecule has 0 amide bonds. The standard InChI is InChI=1S/C17H18N4O4/c1-10(2)16-12(17(22)23)9-19-15(20-16)7-5-11-4-6-13(18-3)14(8-11)21(24)25/h4-10,18H,1-3H3,(H,22,23). The smallest absolute Gasteiger partial charge is 0.339 e. The van der Waals surface area contributed by atoms with E-state index in [4.69, 9.17) is 0 Å². The molecule has 2 aromatic rings. The van der Waals surface area contributed by atoms with Gasteiger partial charge in [0.15, 0.2) is 5.82 Å². The zero-order chi connectivity index (χ0) is 18.6. The van der Waals surface area contributed by atoms with Gasteiger partial charge in [0.05, 0.1) is 16.2 Å². The Labute approximate surface area is 144 Å². The monoisotopic (exact) mass is 342 g/mol. The SMILES string of the molecule is CNc1ccc(C=Cc2ncc(C(=O)O)c(C(C)C)n2)cc1[N+](=O)[O-]. The molecule has 0 saturated carbocycles. The largest absolute Gasteiger partial charge is 0.478 e. The topological polar surface area (TPSA) is 118 Å². The Kier molecular flexibility index (Phi) is 5.43. The fraction of sp³-hybridized carbons (Fsp3) is 0.235. The van der Waals surface area contributed by atoms with Crippen molar-refractivity contribution in [1.29, 1.82) is 0 Å². The van der Waals surface area contributed by atoms with Gasteiger partial charge in [-0.25, -0.2) is 14.8 Å². The summed E-state index contributed by atoms with van der Waals surface area (Å²) in [5.41, 5.74) is 1.52. The first kappa shape index (κ1) is 18.1. The van der Waals surface area contributed by atoms with Crippen LogP contribution in [0.1, 0.15) is 47.2 Å². The number of aromatic nitrogens is 2. The lowest BCUT2D eigenvalue weighted by Gasteiger charge is -2.08. The van der Waals surface area contributed by atoms with Gasteiger partial charge in [-0.2, -0.15) is 0 Å². The van der Waals surface area contributed by atoms with Crippen molar-refractivity contribution >= 4 is 29.5 Å². The number of nitro benzene ring substituents is 1. The summed E-state index contributed by atoms with van der Waals surface area (Å²) >= 11 is 0. The molecule has 2 rings (SSSR count). The van der Waals surface area contributed by atoms with Gasteiger partial charge in [-0.05, 0) is 23.6 Å². The predicted octanol–water partition coefficient (Wildman–Crippen LogP) is 3.42. The second-order valence-electron chi connectivity index (χ2n) is 5.60. The number of hydrogen-bond donors (Lipinski definition) is 2. The minimum Gasteiger partial charge on any atom is -0.478 e. The van der Waals surface area contributed by atoms with Crippen LogP contribution in [0.5, 0.6) is 0 Å². The van der Waals surface area contributed by atoms with Gasteiger partial charge in [0.2, 0.25) is 0 Å². The summed E-state index contributed by atoms with van der Waals surface area (Å²) in [7, 11) is 1.61. The number of hydrogen-bond acceptors (Lipinski definition) is 6. The molecule has 0 aliphatic heterocycles. The van der Waals surface area contributed by atoms with E-state index in [2.05, 4.69) is 15.3 Å². The van der Waals surface area contributed by atoms with Crippen LogP contribution in [0.4, 0.5) is 11.4 Å². The number of carboxylic acids is 1. The van der Waals surface area contributed by atoms with Crippen molar-refractivity contribution in [2.45, 2.75) is 19.8 Å². The maximum absolute atomic E-state index is 11.2. The molecule has 0 radical (unpaired) electrons. The van der Waals surface area contributed by atoms with Crippen LogP contribution >= 0.6 is 0 Å². The summed E-state index contributed by atoms with van der Waals surface area (Å²) in [4.78, 5) is 30.1. The molecule has 0 spiro atoms. The maximum Gasteiger partial charge on any atom is 0.339 e.